The Morgan fingerprint density at radius 1 is 1.43 bits per heavy atom. The van der Waals surface area contributed by atoms with E-state index in [2.05, 4.69) is 0 Å². The van der Waals surface area contributed by atoms with Gasteiger partial charge in [0.1, 0.15) is 6.10 Å². The monoisotopic (exact) mass is 197 g/mol. The normalized spacial score (nSPS) is 12.5. The second kappa shape index (κ2) is 7.18. The number of ether oxygens (including phenoxy) is 1. The summed E-state index contributed by atoms with van der Waals surface area (Å²) in [6, 6.07) is 0. The maximum Gasteiger partial charge on any atom is 0.404 e. The molecule has 0 bridgehead atoms. The van der Waals surface area contributed by atoms with Crippen LogP contribution in [0.1, 0.15) is 33.6 Å². The number of allylic oxidation sites excluding steroid dienone is 2. The zero-order chi connectivity index (χ0) is 11.0. The Kier molecular flexibility index (Phi) is 6.54. The first-order chi connectivity index (χ1) is 6.56. The number of hydrogen-bond donors (Lipinski definition) is 1. The molecule has 3 nitrogen and oxygen atoms in total. The number of carbonyl (C=O) groups excluding carboxylic acids is 1. The Morgan fingerprint density at radius 2 is 2.07 bits per heavy atom. The fraction of sp³-hybridized carbons (Fsp3) is 0.545. The van der Waals surface area contributed by atoms with Crippen LogP contribution >= 0.6 is 0 Å². The summed E-state index contributed by atoms with van der Waals surface area (Å²) >= 11 is 0. The molecule has 80 valence electrons. The van der Waals surface area contributed by atoms with Crippen LogP contribution in [0, 0.1) is 0 Å². The maximum absolute atomic E-state index is 10.6. The second-order valence-corrected chi connectivity index (χ2v) is 3.38. The van der Waals surface area contributed by atoms with Crippen LogP contribution in [0.3, 0.4) is 0 Å². The predicted octanol–water partition coefficient (Wildman–Crippen LogP) is 2.77. The Hall–Kier alpha value is -1.25. The van der Waals surface area contributed by atoms with Gasteiger partial charge in [0.2, 0.25) is 0 Å². The number of amides is 1. The van der Waals surface area contributed by atoms with E-state index in [1.165, 1.54) is 5.57 Å². The van der Waals surface area contributed by atoms with E-state index in [1.807, 2.05) is 39.0 Å². The molecule has 1 unspecified atom stereocenters. The molecule has 0 radical (unpaired) electrons. The minimum absolute atomic E-state index is 0.140. The molecule has 0 aromatic rings. The highest BCUT2D eigenvalue weighted by Crippen LogP contribution is 2.08. The lowest BCUT2D eigenvalue weighted by Crippen LogP contribution is -2.21. The molecule has 1 amide bonds. The molecule has 3 heteroatoms. The van der Waals surface area contributed by atoms with Crippen molar-refractivity contribution in [2.45, 2.75) is 39.7 Å². The Labute approximate surface area is 85.6 Å². The summed E-state index contributed by atoms with van der Waals surface area (Å²) in [6.45, 7) is 5.95. The van der Waals surface area contributed by atoms with E-state index in [4.69, 9.17) is 10.5 Å². The van der Waals surface area contributed by atoms with E-state index in [0.29, 0.717) is 6.42 Å². The minimum Gasteiger partial charge on any atom is -0.446 e. The summed E-state index contributed by atoms with van der Waals surface area (Å²) < 4.78 is 4.95. The molecule has 0 saturated heterocycles. The van der Waals surface area contributed by atoms with Gasteiger partial charge in [-0.15, -0.1) is 0 Å². The summed E-state index contributed by atoms with van der Waals surface area (Å²) in [6.07, 6.45) is 6.52. The van der Waals surface area contributed by atoms with Gasteiger partial charge in [0.05, 0.1) is 0 Å². The molecule has 14 heavy (non-hydrogen) atoms. The van der Waals surface area contributed by atoms with Crippen LogP contribution in [0.5, 0.6) is 0 Å². The number of nitrogens with two attached hydrogens (primary N) is 1. The average Bonchev–Trinajstić information content (AvgIpc) is 2.09. The molecule has 0 rings (SSSR count). The fourth-order valence-corrected chi connectivity index (χ4v) is 1.01. The SMILES string of the molecule is C/C=C\CC(CC=C(C)C)OC(N)=O. The van der Waals surface area contributed by atoms with E-state index in [1.54, 1.807) is 0 Å². The standard InChI is InChI=1S/C11H19NO2/c1-4-5-6-10(14-11(12)13)8-7-9(2)3/h4-5,7,10H,6,8H2,1-3H3,(H2,12,13)/b5-4-. The lowest BCUT2D eigenvalue weighted by molar-refractivity contribution is 0.109. The van der Waals surface area contributed by atoms with Crippen molar-refractivity contribution < 1.29 is 9.53 Å². The smallest absolute Gasteiger partial charge is 0.404 e. The van der Waals surface area contributed by atoms with Crippen molar-refractivity contribution in [3.63, 3.8) is 0 Å². The van der Waals surface area contributed by atoms with Crippen molar-refractivity contribution in [1.29, 1.82) is 0 Å². The van der Waals surface area contributed by atoms with Gasteiger partial charge in [-0.1, -0.05) is 23.8 Å². The molecule has 2 N–H and O–H groups in total. The van der Waals surface area contributed by atoms with Gasteiger partial charge in [-0.05, 0) is 20.8 Å². The summed E-state index contributed by atoms with van der Waals surface area (Å²) in [5, 5.41) is 0. The average molecular weight is 197 g/mol. The number of rotatable bonds is 5. The van der Waals surface area contributed by atoms with Gasteiger partial charge in [0.25, 0.3) is 0 Å². The molecule has 0 aromatic carbocycles. The van der Waals surface area contributed by atoms with Crippen molar-refractivity contribution in [1.82, 2.24) is 0 Å². The minimum atomic E-state index is -0.707. The van der Waals surface area contributed by atoms with Crippen molar-refractivity contribution in [2.75, 3.05) is 0 Å². The van der Waals surface area contributed by atoms with Crippen LogP contribution in [0.4, 0.5) is 4.79 Å². The van der Waals surface area contributed by atoms with Gasteiger partial charge in [-0.2, -0.15) is 0 Å². The van der Waals surface area contributed by atoms with Crippen LogP contribution in [0.25, 0.3) is 0 Å². The van der Waals surface area contributed by atoms with Gasteiger partial charge in [-0.3, -0.25) is 0 Å². The largest absolute Gasteiger partial charge is 0.446 e. The molecule has 0 aliphatic rings. The van der Waals surface area contributed by atoms with E-state index in [0.717, 1.165) is 6.42 Å². The summed E-state index contributed by atoms with van der Waals surface area (Å²) in [7, 11) is 0. The lowest BCUT2D eigenvalue weighted by atomic mass is 10.1. The quantitative estimate of drug-likeness (QED) is 0.689. The third kappa shape index (κ3) is 7.40. The molecule has 0 aromatic heterocycles. The highest BCUT2D eigenvalue weighted by atomic mass is 16.6. The van der Waals surface area contributed by atoms with E-state index >= 15 is 0 Å². The molecular weight excluding hydrogens is 178 g/mol. The van der Waals surface area contributed by atoms with Gasteiger partial charge < -0.3 is 10.5 Å². The number of carbonyl (C=O) groups is 1. The molecule has 1 atom stereocenters. The lowest BCUT2D eigenvalue weighted by Gasteiger charge is -2.12. The first-order valence-electron chi connectivity index (χ1n) is 4.76. The highest BCUT2D eigenvalue weighted by Gasteiger charge is 2.08. The first kappa shape index (κ1) is 12.8. The van der Waals surface area contributed by atoms with Crippen LogP contribution in [0.2, 0.25) is 0 Å². The maximum atomic E-state index is 10.6. The van der Waals surface area contributed by atoms with E-state index in [9.17, 15) is 4.79 Å². The fourth-order valence-electron chi connectivity index (χ4n) is 1.01. The van der Waals surface area contributed by atoms with Crippen molar-refractivity contribution in [3.8, 4) is 0 Å². The first-order valence-corrected chi connectivity index (χ1v) is 4.76. The Bertz CT molecular complexity index is 227. The van der Waals surface area contributed by atoms with Crippen molar-refractivity contribution in [3.05, 3.63) is 23.8 Å². The van der Waals surface area contributed by atoms with Crippen molar-refractivity contribution in [2.24, 2.45) is 5.73 Å². The Balaban J connectivity index is 4.09. The molecule has 0 aliphatic heterocycles. The van der Waals surface area contributed by atoms with Gasteiger partial charge in [-0.25, -0.2) is 4.79 Å². The van der Waals surface area contributed by atoms with Crippen LogP contribution in [-0.4, -0.2) is 12.2 Å². The third-order valence-corrected chi connectivity index (χ3v) is 1.71. The van der Waals surface area contributed by atoms with Crippen LogP contribution in [-0.2, 0) is 4.74 Å². The number of hydrogen-bond acceptors (Lipinski definition) is 2. The van der Waals surface area contributed by atoms with Gasteiger partial charge in [0, 0.05) is 12.8 Å². The predicted molar refractivity (Wildman–Crippen MR) is 57.9 cm³/mol. The highest BCUT2D eigenvalue weighted by molar-refractivity contribution is 5.64. The summed E-state index contributed by atoms with van der Waals surface area (Å²) in [4.78, 5) is 10.6. The molecule has 0 heterocycles. The zero-order valence-electron chi connectivity index (χ0n) is 9.12. The van der Waals surface area contributed by atoms with Crippen molar-refractivity contribution >= 4 is 6.09 Å². The topological polar surface area (TPSA) is 52.3 Å². The summed E-state index contributed by atoms with van der Waals surface area (Å²) in [5.41, 5.74) is 6.18. The molecule has 0 saturated carbocycles. The second-order valence-electron chi connectivity index (χ2n) is 3.38. The molecule has 0 fully saturated rings. The van der Waals surface area contributed by atoms with E-state index in [-0.39, 0.29) is 6.10 Å². The zero-order valence-corrected chi connectivity index (χ0v) is 9.12. The third-order valence-electron chi connectivity index (χ3n) is 1.71. The van der Waals surface area contributed by atoms with Crippen LogP contribution < -0.4 is 5.73 Å². The molecule has 0 spiro atoms. The summed E-state index contributed by atoms with van der Waals surface area (Å²) in [5.74, 6) is 0. The number of primary amides is 1. The Morgan fingerprint density at radius 3 is 2.50 bits per heavy atom. The van der Waals surface area contributed by atoms with Gasteiger partial charge in [0.15, 0.2) is 0 Å². The van der Waals surface area contributed by atoms with E-state index < -0.39 is 6.09 Å². The van der Waals surface area contributed by atoms with Crippen LogP contribution in [0.15, 0.2) is 23.8 Å². The molecular formula is C11H19NO2. The van der Waals surface area contributed by atoms with Gasteiger partial charge >= 0.3 is 6.09 Å². The molecule has 0 aliphatic carbocycles.